The van der Waals surface area contributed by atoms with E-state index < -0.39 is 0 Å². The van der Waals surface area contributed by atoms with Crippen molar-refractivity contribution in [1.29, 1.82) is 0 Å². The molecule has 2 aromatic rings. The summed E-state index contributed by atoms with van der Waals surface area (Å²) in [6.45, 7) is 7.37. The average molecular weight is 370 g/mol. The van der Waals surface area contributed by atoms with Crippen molar-refractivity contribution < 1.29 is 4.39 Å². The Balaban J connectivity index is 2.29. The van der Waals surface area contributed by atoms with Crippen molar-refractivity contribution in [2.24, 2.45) is 0 Å². The van der Waals surface area contributed by atoms with Crippen LogP contribution in [0.4, 0.5) is 4.39 Å². The van der Waals surface area contributed by atoms with Crippen LogP contribution in [0.25, 0.3) is 10.4 Å². The molecule has 0 saturated carbocycles. The predicted molar refractivity (Wildman–Crippen MR) is 93.5 cm³/mol. The van der Waals surface area contributed by atoms with Gasteiger partial charge in [-0.15, -0.1) is 11.3 Å². The van der Waals surface area contributed by atoms with Gasteiger partial charge in [0.25, 0.3) is 0 Å². The van der Waals surface area contributed by atoms with Crippen molar-refractivity contribution in [3.8, 4) is 10.4 Å². The molecule has 0 aliphatic carbocycles. The molecule has 1 unspecified atom stereocenters. The van der Waals surface area contributed by atoms with E-state index in [0.717, 1.165) is 30.5 Å². The topological polar surface area (TPSA) is 12.0 Å². The maximum atomic E-state index is 13.5. The lowest BCUT2D eigenvalue weighted by Crippen LogP contribution is -2.20. The van der Waals surface area contributed by atoms with E-state index in [-0.39, 0.29) is 5.82 Å². The normalized spacial score (nSPS) is 12.6. The van der Waals surface area contributed by atoms with Gasteiger partial charge in [0.1, 0.15) is 5.82 Å². The molecular weight excluding hydrogens is 349 g/mol. The number of hydrogen-bond donors (Lipinski definition) is 1. The highest BCUT2D eigenvalue weighted by atomic mass is 79.9. The molecule has 1 heterocycles. The summed E-state index contributed by atoms with van der Waals surface area (Å²) in [5, 5.41) is 3.58. The smallest absolute Gasteiger partial charge is 0.137 e. The molecule has 1 N–H and O–H groups in total. The zero-order valence-corrected chi connectivity index (χ0v) is 15.1. The van der Waals surface area contributed by atoms with E-state index in [1.807, 2.05) is 13.0 Å². The van der Waals surface area contributed by atoms with Crippen LogP contribution in [0, 0.1) is 12.7 Å². The molecule has 0 fully saturated rings. The minimum atomic E-state index is -0.205. The molecule has 0 saturated heterocycles. The summed E-state index contributed by atoms with van der Waals surface area (Å²) in [5.74, 6) is -0.205. The number of thiophene rings is 1. The van der Waals surface area contributed by atoms with Gasteiger partial charge in [-0.05, 0) is 77.6 Å². The second kappa shape index (κ2) is 7.52. The van der Waals surface area contributed by atoms with E-state index in [9.17, 15) is 4.39 Å². The fourth-order valence-corrected chi connectivity index (χ4v) is 3.95. The van der Waals surface area contributed by atoms with Crippen LogP contribution in [-0.4, -0.2) is 6.54 Å². The molecule has 0 aliphatic rings. The van der Waals surface area contributed by atoms with Crippen molar-refractivity contribution >= 4 is 27.3 Å². The molecule has 21 heavy (non-hydrogen) atoms. The van der Waals surface area contributed by atoms with Crippen molar-refractivity contribution in [3.63, 3.8) is 0 Å². The van der Waals surface area contributed by atoms with Crippen LogP contribution in [0.2, 0.25) is 0 Å². The highest BCUT2D eigenvalue weighted by molar-refractivity contribution is 9.10. The average Bonchev–Trinajstić information content (AvgIpc) is 2.93. The van der Waals surface area contributed by atoms with Crippen molar-refractivity contribution in [2.45, 2.75) is 39.7 Å². The lowest BCUT2D eigenvalue weighted by molar-refractivity contribution is 0.525. The summed E-state index contributed by atoms with van der Waals surface area (Å²) in [4.78, 5) is 2.54. The highest BCUT2D eigenvalue weighted by Crippen LogP contribution is 2.36. The summed E-state index contributed by atoms with van der Waals surface area (Å²) >= 11 is 5.07. The molecule has 1 aromatic heterocycles. The van der Waals surface area contributed by atoms with Gasteiger partial charge in [0.15, 0.2) is 0 Å². The Labute approximate surface area is 138 Å². The van der Waals surface area contributed by atoms with Crippen LogP contribution < -0.4 is 5.32 Å². The monoisotopic (exact) mass is 369 g/mol. The van der Waals surface area contributed by atoms with Gasteiger partial charge in [-0.2, -0.15) is 0 Å². The summed E-state index contributed by atoms with van der Waals surface area (Å²) in [5.41, 5.74) is 2.07. The SMILES string of the molecule is CCCNC(CC)c1ccc(-c2cc(Br)c(F)cc2C)s1. The first-order chi connectivity index (χ1) is 10.1. The van der Waals surface area contributed by atoms with Crippen molar-refractivity contribution in [3.05, 3.63) is 45.0 Å². The number of rotatable bonds is 6. The Bertz CT molecular complexity index is 609. The largest absolute Gasteiger partial charge is 0.309 e. The molecule has 4 heteroatoms. The second-order valence-electron chi connectivity index (χ2n) is 5.20. The molecular formula is C17H21BrFNS. The zero-order chi connectivity index (χ0) is 15.4. The van der Waals surface area contributed by atoms with Crippen LogP contribution in [0.15, 0.2) is 28.7 Å². The first kappa shape index (κ1) is 16.7. The molecule has 0 aliphatic heterocycles. The molecule has 0 amide bonds. The third-order valence-electron chi connectivity index (χ3n) is 3.55. The van der Waals surface area contributed by atoms with E-state index in [1.165, 1.54) is 9.75 Å². The number of hydrogen-bond acceptors (Lipinski definition) is 2. The Kier molecular flexibility index (Phi) is 5.97. The number of nitrogens with one attached hydrogen (secondary N) is 1. The van der Waals surface area contributed by atoms with Crippen LogP contribution >= 0.6 is 27.3 Å². The predicted octanol–water partition coefficient (Wildman–Crippen LogP) is 6.08. The minimum Gasteiger partial charge on any atom is -0.309 e. The van der Waals surface area contributed by atoms with Gasteiger partial charge in [-0.25, -0.2) is 4.39 Å². The van der Waals surface area contributed by atoms with Crippen LogP contribution in [0.1, 0.15) is 43.2 Å². The van der Waals surface area contributed by atoms with Gasteiger partial charge >= 0.3 is 0 Å². The van der Waals surface area contributed by atoms with Gasteiger partial charge in [0.2, 0.25) is 0 Å². The number of benzene rings is 1. The van der Waals surface area contributed by atoms with Crippen LogP contribution in [0.5, 0.6) is 0 Å². The quantitative estimate of drug-likeness (QED) is 0.650. The molecule has 1 aromatic carbocycles. The number of aryl methyl sites for hydroxylation is 1. The van der Waals surface area contributed by atoms with E-state index in [0.29, 0.717) is 10.5 Å². The van der Waals surface area contributed by atoms with E-state index in [4.69, 9.17) is 0 Å². The van der Waals surface area contributed by atoms with Crippen molar-refractivity contribution in [2.75, 3.05) is 6.54 Å². The Morgan fingerprint density at radius 1 is 1.29 bits per heavy atom. The Hall–Kier alpha value is -0.710. The summed E-state index contributed by atoms with van der Waals surface area (Å²) in [6.07, 6.45) is 2.21. The standard InChI is InChI=1S/C17H21BrFNS/c1-4-8-20-15(5-2)17-7-6-16(21-17)12-10-13(18)14(19)9-11(12)3/h6-7,9-10,15,20H,4-5,8H2,1-3H3. The third kappa shape index (κ3) is 3.93. The lowest BCUT2D eigenvalue weighted by atomic mass is 10.1. The maximum absolute atomic E-state index is 13.5. The first-order valence-electron chi connectivity index (χ1n) is 7.35. The second-order valence-corrected chi connectivity index (χ2v) is 7.17. The molecule has 2 rings (SSSR count). The van der Waals surface area contributed by atoms with Gasteiger partial charge in [0.05, 0.1) is 4.47 Å². The van der Waals surface area contributed by atoms with Gasteiger partial charge in [-0.1, -0.05) is 13.8 Å². The van der Waals surface area contributed by atoms with E-state index in [1.54, 1.807) is 17.4 Å². The Morgan fingerprint density at radius 2 is 2.05 bits per heavy atom. The van der Waals surface area contributed by atoms with Crippen molar-refractivity contribution in [1.82, 2.24) is 5.32 Å². The van der Waals surface area contributed by atoms with Gasteiger partial charge in [0, 0.05) is 15.8 Å². The number of halogens is 2. The third-order valence-corrected chi connectivity index (χ3v) is 5.39. The first-order valence-corrected chi connectivity index (χ1v) is 8.96. The summed E-state index contributed by atoms with van der Waals surface area (Å²) < 4.78 is 14.1. The molecule has 0 spiro atoms. The fourth-order valence-electron chi connectivity index (χ4n) is 2.36. The molecule has 114 valence electrons. The molecule has 1 nitrogen and oxygen atoms in total. The lowest BCUT2D eigenvalue weighted by Gasteiger charge is -2.14. The van der Waals surface area contributed by atoms with Gasteiger partial charge in [-0.3, -0.25) is 0 Å². The molecule has 0 bridgehead atoms. The molecule has 1 atom stereocenters. The zero-order valence-electron chi connectivity index (χ0n) is 12.7. The van der Waals surface area contributed by atoms with Crippen LogP contribution in [0.3, 0.4) is 0 Å². The summed E-state index contributed by atoms with van der Waals surface area (Å²) in [7, 11) is 0. The van der Waals surface area contributed by atoms with Gasteiger partial charge < -0.3 is 5.32 Å². The van der Waals surface area contributed by atoms with E-state index >= 15 is 0 Å². The minimum absolute atomic E-state index is 0.205. The fraction of sp³-hybridized carbons (Fsp3) is 0.412. The molecule has 0 radical (unpaired) electrons. The maximum Gasteiger partial charge on any atom is 0.137 e. The summed E-state index contributed by atoms with van der Waals surface area (Å²) in [6, 6.07) is 8.20. The highest BCUT2D eigenvalue weighted by Gasteiger charge is 2.14. The Morgan fingerprint density at radius 3 is 2.71 bits per heavy atom. The van der Waals surface area contributed by atoms with Crippen LogP contribution in [-0.2, 0) is 0 Å². The van der Waals surface area contributed by atoms with E-state index in [2.05, 4.69) is 47.2 Å².